The van der Waals surface area contributed by atoms with E-state index in [1.165, 1.54) is 6.92 Å². The molecule has 1 amide bonds. The van der Waals surface area contributed by atoms with Gasteiger partial charge in [0.15, 0.2) is 5.82 Å². The molecule has 2 saturated heterocycles. The molecule has 2 aromatic rings. The molecule has 12 nitrogen and oxygen atoms in total. The van der Waals surface area contributed by atoms with Crippen molar-refractivity contribution in [3.63, 3.8) is 0 Å². The van der Waals surface area contributed by atoms with Gasteiger partial charge in [-0.1, -0.05) is 47.6 Å². The van der Waals surface area contributed by atoms with Gasteiger partial charge in [0.2, 0.25) is 11.6 Å². The molecule has 12 heteroatoms. The molecular weight excluding hydrogens is 650 g/mol. The zero-order valence-electron chi connectivity index (χ0n) is 31.8. The van der Waals surface area contributed by atoms with Crippen molar-refractivity contribution in [1.29, 1.82) is 0 Å². The van der Waals surface area contributed by atoms with Crippen molar-refractivity contribution in [1.82, 2.24) is 14.8 Å². The Balaban J connectivity index is 1.73. The maximum absolute atomic E-state index is 14.0. The number of aromatic nitrogens is 3. The lowest BCUT2D eigenvalue weighted by Crippen LogP contribution is -2.58. The average molecular weight is 706 g/mol. The van der Waals surface area contributed by atoms with Gasteiger partial charge in [-0.15, -0.1) is 0 Å². The van der Waals surface area contributed by atoms with E-state index in [4.69, 9.17) is 24.2 Å². The maximum Gasteiger partial charge on any atom is 0.316 e. The highest BCUT2D eigenvalue weighted by Crippen LogP contribution is 2.51. The van der Waals surface area contributed by atoms with E-state index in [-0.39, 0.29) is 19.0 Å². The Morgan fingerprint density at radius 3 is 2.47 bits per heavy atom. The number of rotatable bonds is 5. The fourth-order valence-electron chi connectivity index (χ4n) is 8.45. The summed E-state index contributed by atoms with van der Waals surface area (Å²) >= 11 is 0. The van der Waals surface area contributed by atoms with E-state index >= 15 is 0 Å². The third kappa shape index (κ3) is 7.11. The number of pyridine rings is 1. The van der Waals surface area contributed by atoms with Gasteiger partial charge in [-0.05, 0) is 70.1 Å². The van der Waals surface area contributed by atoms with Crippen LogP contribution in [-0.2, 0) is 35.2 Å². The predicted molar refractivity (Wildman–Crippen MR) is 192 cm³/mol. The molecule has 4 bridgehead atoms. The van der Waals surface area contributed by atoms with E-state index < -0.39 is 69.9 Å². The third-order valence-corrected chi connectivity index (χ3v) is 12.3. The Labute approximate surface area is 301 Å². The molecule has 4 aliphatic heterocycles. The molecule has 0 aliphatic carbocycles. The molecular formula is C39H55N5O7. The molecule has 4 aliphatic rings. The number of esters is 1. The van der Waals surface area contributed by atoms with Gasteiger partial charge in [0.05, 0.1) is 24.5 Å². The van der Waals surface area contributed by atoms with Crippen molar-refractivity contribution in [2.75, 3.05) is 6.61 Å². The van der Waals surface area contributed by atoms with Gasteiger partial charge in [-0.2, -0.15) is 5.10 Å². The highest BCUT2D eigenvalue weighted by atomic mass is 16.6. The van der Waals surface area contributed by atoms with Crippen molar-refractivity contribution >= 4 is 29.1 Å². The monoisotopic (exact) mass is 705 g/mol. The number of Topliss-reactive ketones (excluding diaryl/α,β-unsaturated/α-hetero) is 1. The van der Waals surface area contributed by atoms with E-state index in [2.05, 4.69) is 10.1 Å². The molecule has 2 fully saturated rings. The average Bonchev–Trinajstić information content (AvgIpc) is 3.59. The van der Waals surface area contributed by atoms with E-state index in [0.29, 0.717) is 42.9 Å². The minimum atomic E-state index is -1.58. The largest absolute Gasteiger partial charge is 0.459 e. The highest BCUT2D eigenvalue weighted by molar-refractivity contribution is 6.04. The predicted octanol–water partition coefficient (Wildman–Crippen LogP) is 5.72. The van der Waals surface area contributed by atoms with Crippen LogP contribution in [0.3, 0.4) is 0 Å². The number of ketones is 1. The summed E-state index contributed by atoms with van der Waals surface area (Å²) in [5.74, 6) is -3.87. The Kier molecular flexibility index (Phi) is 10.9. The molecule has 278 valence electrons. The molecule has 0 saturated carbocycles. The minimum absolute atomic E-state index is 0.0743. The summed E-state index contributed by atoms with van der Waals surface area (Å²) in [5, 5.41) is 16.8. The summed E-state index contributed by atoms with van der Waals surface area (Å²) in [6, 6.07) is 5.58. The summed E-state index contributed by atoms with van der Waals surface area (Å²) in [6.07, 6.45) is 5.91. The van der Waals surface area contributed by atoms with Crippen molar-refractivity contribution in [2.24, 2.45) is 45.0 Å². The number of nitrogens with zero attached hydrogens (tertiary/aromatic N) is 5. The van der Waals surface area contributed by atoms with Crippen LogP contribution < -0.4 is 0 Å². The van der Waals surface area contributed by atoms with Crippen LogP contribution in [-0.4, -0.2) is 78.6 Å². The van der Waals surface area contributed by atoms with Crippen molar-refractivity contribution in [3.05, 3.63) is 42.4 Å². The Morgan fingerprint density at radius 2 is 1.86 bits per heavy atom. The number of hydrogen-bond acceptors (Lipinski definition) is 10. The zero-order valence-corrected chi connectivity index (χ0v) is 31.8. The third-order valence-electron chi connectivity index (χ3n) is 12.3. The molecule has 1 N–H and O–H groups in total. The first-order valence-corrected chi connectivity index (χ1v) is 18.2. The molecule has 1 unspecified atom stereocenters. The van der Waals surface area contributed by atoms with Gasteiger partial charge in [0.25, 0.3) is 0 Å². The lowest BCUT2D eigenvalue weighted by Gasteiger charge is -2.49. The second kappa shape index (κ2) is 14.4. The number of aliphatic imine (C=N–C) groups is 2. The van der Waals surface area contributed by atoms with Crippen molar-refractivity contribution in [3.8, 4) is 5.82 Å². The number of carbonyl (C=O) groups excluding carboxylic acids is 3. The Hall–Kier alpha value is -3.61. The van der Waals surface area contributed by atoms with E-state index in [0.717, 1.165) is 5.56 Å². The second-order valence-electron chi connectivity index (χ2n) is 15.8. The minimum Gasteiger partial charge on any atom is -0.459 e. The molecule has 2 aromatic heterocycles. The number of ether oxygens (including phenoxy) is 3. The van der Waals surface area contributed by atoms with Gasteiger partial charge < -0.3 is 19.3 Å². The smallest absolute Gasteiger partial charge is 0.316 e. The van der Waals surface area contributed by atoms with Crippen LogP contribution in [0.15, 0.2) is 46.8 Å². The van der Waals surface area contributed by atoms with Crippen LogP contribution in [0.4, 0.5) is 0 Å². The van der Waals surface area contributed by atoms with Gasteiger partial charge in [0.1, 0.15) is 23.4 Å². The lowest BCUT2D eigenvalue weighted by atomic mass is 9.61. The molecule has 9 atom stereocenters. The summed E-state index contributed by atoms with van der Waals surface area (Å²) in [5.41, 5.74) is -2.90. The first-order valence-electron chi connectivity index (χ1n) is 18.2. The molecule has 0 aromatic carbocycles. The number of amides is 1. The van der Waals surface area contributed by atoms with Crippen LogP contribution in [0.25, 0.3) is 5.82 Å². The van der Waals surface area contributed by atoms with Crippen LogP contribution in [0, 0.1) is 35.0 Å². The highest BCUT2D eigenvalue weighted by Gasteiger charge is 2.58. The normalized spacial score (nSPS) is 36.8. The number of hydrogen-bond donors (Lipinski definition) is 1. The first kappa shape index (κ1) is 38.6. The van der Waals surface area contributed by atoms with Gasteiger partial charge in [-0.3, -0.25) is 19.4 Å². The fraction of sp³-hybridized carbons (Fsp3) is 0.667. The maximum atomic E-state index is 14.0. The standard InChI is InChI=1S/C39H55N5O7/c1-11-31-38(10,48)30-15-14-29-22-49-37(9,36(7,8)26(5)33(46)24(3)35(47)51-31)19-23(2)34(42-27(6)45)39(43-29,25(30)4)50-21-28-13-16-32(40-20-28)44-18-12-17-41-44/h12-13,16-18,20,23-26,30-31,48H,11,14-15,19,21-22H2,1-10H3/t23-,24-,25-,26+,30-,31-,37-,38+,39?/m1/s1. The van der Waals surface area contributed by atoms with Crippen LogP contribution >= 0.6 is 0 Å². The SMILES string of the molecule is CC[C@H]1OC(=O)[C@H](C)C(=O)[C@H](C)C(C)(C)[C@@]2(C)C[C@@H](C)C(=NC(C)=O)C3(OCc4ccc(-n5cccn5)nc4)N=C(CC[C@H]([C@H]3C)[C@]1(C)O)CO2. The number of aliphatic hydroxyl groups is 1. The first-order chi connectivity index (χ1) is 23.9. The fourth-order valence-corrected chi connectivity index (χ4v) is 8.45. The number of carbonyl (C=O) groups is 3. The summed E-state index contributed by atoms with van der Waals surface area (Å²) < 4.78 is 21.6. The summed E-state index contributed by atoms with van der Waals surface area (Å²) in [6.45, 7) is 18.5. The van der Waals surface area contributed by atoms with E-state index in [1.54, 1.807) is 30.9 Å². The molecule has 6 rings (SSSR count). The molecule has 0 spiro atoms. The zero-order chi connectivity index (χ0) is 37.5. The topological polar surface area (TPSA) is 155 Å². The molecule has 0 radical (unpaired) electrons. The Morgan fingerprint density at radius 1 is 1.14 bits per heavy atom. The van der Waals surface area contributed by atoms with Gasteiger partial charge in [0, 0.05) is 54.4 Å². The second-order valence-corrected chi connectivity index (χ2v) is 15.8. The summed E-state index contributed by atoms with van der Waals surface area (Å²) in [4.78, 5) is 55.5. The van der Waals surface area contributed by atoms with E-state index in [9.17, 15) is 19.5 Å². The van der Waals surface area contributed by atoms with Crippen LogP contribution in [0.2, 0.25) is 0 Å². The quantitative estimate of drug-likeness (QED) is 0.304. The lowest BCUT2D eigenvalue weighted by molar-refractivity contribution is -0.186. The van der Waals surface area contributed by atoms with Crippen molar-refractivity contribution < 1.29 is 33.7 Å². The van der Waals surface area contributed by atoms with Gasteiger partial charge in [-0.25, -0.2) is 14.7 Å². The van der Waals surface area contributed by atoms with Crippen LogP contribution in [0.5, 0.6) is 0 Å². The summed E-state index contributed by atoms with van der Waals surface area (Å²) in [7, 11) is 0. The Bertz CT molecular complexity index is 1670. The molecule has 51 heavy (non-hydrogen) atoms. The van der Waals surface area contributed by atoms with Gasteiger partial charge >= 0.3 is 5.97 Å². The van der Waals surface area contributed by atoms with E-state index in [1.807, 2.05) is 72.9 Å². The van der Waals surface area contributed by atoms with Crippen LogP contribution in [0.1, 0.15) is 100 Å². The number of fused-ring (bicyclic) bond motifs is 11. The van der Waals surface area contributed by atoms with Crippen molar-refractivity contribution in [2.45, 2.75) is 125 Å². The molecule has 6 heterocycles.